The van der Waals surface area contributed by atoms with Crippen LogP contribution in [0.15, 0.2) is 23.5 Å². The van der Waals surface area contributed by atoms with Gasteiger partial charge in [-0.05, 0) is 75.5 Å². The molecule has 1 aliphatic heterocycles. The molecule has 0 radical (unpaired) electrons. The molecule has 0 spiro atoms. The summed E-state index contributed by atoms with van der Waals surface area (Å²) in [7, 11) is 0. The first kappa shape index (κ1) is 22.4. The maximum Gasteiger partial charge on any atom is 0.102 e. The number of hydrogen-bond acceptors (Lipinski definition) is 2. The van der Waals surface area contributed by atoms with Gasteiger partial charge >= 0.3 is 0 Å². The van der Waals surface area contributed by atoms with Crippen molar-refractivity contribution in [1.29, 1.82) is 0 Å². The Hall–Kier alpha value is -0.760. The molecule has 1 saturated heterocycles. The Morgan fingerprint density at radius 2 is 1.20 bits per heavy atom. The third-order valence-electron chi connectivity index (χ3n) is 8.23. The number of ether oxygens (including phenoxy) is 1. The van der Waals surface area contributed by atoms with E-state index < -0.39 is 0 Å². The fourth-order valence-electron chi connectivity index (χ4n) is 6.35. The van der Waals surface area contributed by atoms with E-state index in [0.29, 0.717) is 18.1 Å². The van der Waals surface area contributed by atoms with Crippen LogP contribution >= 0.6 is 0 Å². The molecule has 2 nitrogen and oxygen atoms in total. The van der Waals surface area contributed by atoms with E-state index in [9.17, 15) is 0 Å². The normalized spacial score (nSPS) is 31.3. The van der Waals surface area contributed by atoms with Crippen LogP contribution in [0.3, 0.4) is 0 Å². The van der Waals surface area contributed by atoms with Crippen molar-refractivity contribution in [3.63, 3.8) is 0 Å². The van der Waals surface area contributed by atoms with Crippen molar-refractivity contribution in [2.75, 3.05) is 6.54 Å². The minimum absolute atomic E-state index is 0.473. The predicted octanol–water partition coefficient (Wildman–Crippen LogP) is 7.84. The third kappa shape index (κ3) is 6.62. The Bertz CT molecular complexity index is 551. The van der Waals surface area contributed by atoms with E-state index in [1.165, 1.54) is 134 Å². The van der Waals surface area contributed by atoms with Crippen molar-refractivity contribution in [2.24, 2.45) is 11.8 Å². The number of fused-ring (bicyclic) bond motifs is 1. The Morgan fingerprint density at radius 1 is 0.633 bits per heavy atom. The van der Waals surface area contributed by atoms with Crippen molar-refractivity contribution in [2.45, 2.75) is 134 Å². The zero-order valence-corrected chi connectivity index (χ0v) is 19.5. The monoisotopic (exact) mass is 413 g/mol. The SMILES string of the molecule is C1=C(C2CCCCCCC2)C=C(OC2CCCCC2)C2CCCCCCCCNC12. The largest absolute Gasteiger partial charge is 0.494 e. The molecule has 1 heterocycles. The van der Waals surface area contributed by atoms with Gasteiger partial charge in [0.25, 0.3) is 0 Å². The lowest BCUT2D eigenvalue weighted by Crippen LogP contribution is -2.40. The number of nitrogens with one attached hydrogen (secondary N) is 1. The van der Waals surface area contributed by atoms with Crippen LogP contribution in [-0.2, 0) is 4.74 Å². The number of rotatable bonds is 3. The van der Waals surface area contributed by atoms with Gasteiger partial charge in [0, 0.05) is 12.0 Å². The molecule has 4 rings (SSSR count). The Kier molecular flexibility index (Phi) is 9.21. The quantitative estimate of drug-likeness (QED) is 0.509. The highest BCUT2D eigenvalue weighted by atomic mass is 16.5. The smallest absolute Gasteiger partial charge is 0.102 e. The van der Waals surface area contributed by atoms with Crippen molar-refractivity contribution in [3.8, 4) is 0 Å². The molecule has 0 aromatic heterocycles. The van der Waals surface area contributed by atoms with Crippen molar-refractivity contribution in [3.05, 3.63) is 23.5 Å². The molecule has 3 fully saturated rings. The van der Waals surface area contributed by atoms with Gasteiger partial charge in [-0.15, -0.1) is 0 Å². The van der Waals surface area contributed by atoms with Gasteiger partial charge in [-0.25, -0.2) is 0 Å². The molecule has 4 aliphatic rings. The molecule has 1 N–H and O–H groups in total. The highest BCUT2D eigenvalue weighted by Gasteiger charge is 2.32. The van der Waals surface area contributed by atoms with E-state index in [1.807, 2.05) is 0 Å². The Balaban J connectivity index is 1.54. The second-order valence-corrected chi connectivity index (χ2v) is 10.6. The van der Waals surface area contributed by atoms with Crippen LogP contribution in [0.1, 0.15) is 122 Å². The first-order valence-corrected chi connectivity index (χ1v) is 13.7. The van der Waals surface area contributed by atoms with Gasteiger partial charge in [-0.3, -0.25) is 0 Å². The first-order valence-electron chi connectivity index (χ1n) is 13.7. The number of allylic oxidation sites excluding steroid dienone is 2. The van der Waals surface area contributed by atoms with Crippen LogP contribution in [0, 0.1) is 11.8 Å². The molecule has 2 unspecified atom stereocenters. The Labute approximate surface area is 186 Å². The summed E-state index contributed by atoms with van der Waals surface area (Å²) in [6.07, 6.45) is 31.9. The summed E-state index contributed by atoms with van der Waals surface area (Å²) in [4.78, 5) is 0. The van der Waals surface area contributed by atoms with E-state index in [4.69, 9.17) is 4.74 Å². The van der Waals surface area contributed by atoms with E-state index in [0.717, 1.165) is 5.92 Å². The average Bonchev–Trinajstić information content (AvgIpc) is 2.79. The summed E-state index contributed by atoms with van der Waals surface area (Å²) >= 11 is 0. The lowest BCUT2D eigenvalue weighted by atomic mass is 9.78. The van der Waals surface area contributed by atoms with Crippen LogP contribution in [0.2, 0.25) is 0 Å². The molecule has 3 aliphatic carbocycles. The molecular formula is C28H47NO. The molecular weight excluding hydrogens is 366 g/mol. The second-order valence-electron chi connectivity index (χ2n) is 10.6. The van der Waals surface area contributed by atoms with Crippen molar-refractivity contribution in [1.82, 2.24) is 5.32 Å². The maximum atomic E-state index is 6.86. The highest BCUT2D eigenvalue weighted by molar-refractivity contribution is 5.33. The van der Waals surface area contributed by atoms with Crippen molar-refractivity contribution >= 4 is 0 Å². The van der Waals surface area contributed by atoms with Crippen LogP contribution in [-0.4, -0.2) is 18.7 Å². The van der Waals surface area contributed by atoms with Gasteiger partial charge in [-0.2, -0.15) is 0 Å². The van der Waals surface area contributed by atoms with Gasteiger partial charge in [0.05, 0.1) is 6.10 Å². The average molecular weight is 414 g/mol. The third-order valence-corrected chi connectivity index (χ3v) is 8.23. The van der Waals surface area contributed by atoms with Crippen LogP contribution < -0.4 is 5.32 Å². The lowest BCUT2D eigenvalue weighted by molar-refractivity contribution is 0.0564. The van der Waals surface area contributed by atoms with Crippen molar-refractivity contribution < 1.29 is 4.74 Å². The topological polar surface area (TPSA) is 21.3 Å². The minimum Gasteiger partial charge on any atom is -0.494 e. The molecule has 30 heavy (non-hydrogen) atoms. The van der Waals surface area contributed by atoms with Crippen LogP contribution in [0.25, 0.3) is 0 Å². The fourth-order valence-corrected chi connectivity index (χ4v) is 6.35. The zero-order valence-electron chi connectivity index (χ0n) is 19.5. The van der Waals surface area contributed by atoms with Gasteiger partial charge in [0.15, 0.2) is 0 Å². The minimum atomic E-state index is 0.473. The molecule has 0 aromatic rings. The summed E-state index contributed by atoms with van der Waals surface area (Å²) in [5.41, 5.74) is 1.62. The molecule has 0 amide bonds. The second kappa shape index (κ2) is 12.3. The van der Waals surface area contributed by atoms with Gasteiger partial charge in [-0.1, -0.05) is 76.7 Å². The molecule has 0 aromatic carbocycles. The summed E-state index contributed by atoms with van der Waals surface area (Å²) in [6.45, 7) is 1.17. The van der Waals surface area contributed by atoms with Crippen LogP contribution in [0.5, 0.6) is 0 Å². The van der Waals surface area contributed by atoms with Gasteiger partial charge < -0.3 is 10.1 Å². The van der Waals surface area contributed by atoms with Crippen LogP contribution in [0.4, 0.5) is 0 Å². The van der Waals surface area contributed by atoms with Gasteiger partial charge in [0.2, 0.25) is 0 Å². The standard InChI is InChI=1S/C28H47NO/c1-2-7-14-20-29-27-21-24(23-15-9-4-3-5-10-16-23)22-28(26(27)19-13-6-1)30-25-17-11-8-12-18-25/h21-23,25-27,29H,1-20H2. The first-order chi connectivity index (χ1) is 14.9. The molecule has 2 atom stereocenters. The van der Waals surface area contributed by atoms with E-state index >= 15 is 0 Å². The lowest BCUT2D eigenvalue weighted by Gasteiger charge is -2.36. The fraction of sp³-hybridized carbons (Fsp3) is 0.857. The summed E-state index contributed by atoms with van der Waals surface area (Å²) < 4.78 is 6.86. The van der Waals surface area contributed by atoms with E-state index in [-0.39, 0.29) is 0 Å². The molecule has 2 saturated carbocycles. The molecule has 0 bridgehead atoms. The molecule has 170 valence electrons. The Morgan fingerprint density at radius 3 is 1.93 bits per heavy atom. The number of hydrogen-bond donors (Lipinski definition) is 1. The predicted molar refractivity (Wildman–Crippen MR) is 128 cm³/mol. The van der Waals surface area contributed by atoms with Gasteiger partial charge in [0.1, 0.15) is 5.76 Å². The summed E-state index contributed by atoms with van der Waals surface area (Å²) in [6, 6.07) is 0.493. The molecule has 2 heteroatoms. The van der Waals surface area contributed by atoms with E-state index in [2.05, 4.69) is 17.5 Å². The van der Waals surface area contributed by atoms with E-state index in [1.54, 1.807) is 5.57 Å². The summed E-state index contributed by atoms with van der Waals surface area (Å²) in [5, 5.41) is 3.99. The maximum absolute atomic E-state index is 6.86. The zero-order chi connectivity index (χ0) is 20.4. The summed E-state index contributed by atoms with van der Waals surface area (Å²) in [5.74, 6) is 2.68. The highest BCUT2D eigenvalue weighted by Crippen LogP contribution is 2.38.